The number of hydrogen-bond donors (Lipinski definition) is 1. The Hall–Kier alpha value is -2.46. The summed E-state index contributed by atoms with van der Waals surface area (Å²) in [6, 6.07) is 10.8. The van der Waals surface area contributed by atoms with E-state index in [0.29, 0.717) is 18.8 Å². The predicted molar refractivity (Wildman–Crippen MR) is 118 cm³/mol. The molecular formula is C25H31N3O. The van der Waals surface area contributed by atoms with Crippen LogP contribution in [0.5, 0.6) is 0 Å². The van der Waals surface area contributed by atoms with Gasteiger partial charge in [0.25, 0.3) is 5.91 Å². The molecule has 4 nitrogen and oxygen atoms in total. The van der Waals surface area contributed by atoms with Crippen molar-refractivity contribution in [3.8, 4) is 0 Å². The molecule has 1 saturated heterocycles. The number of piperidine rings is 1. The maximum Gasteiger partial charge on any atom is 0.272 e. The number of hydrogen-bond acceptors (Lipinski definition) is 3. The van der Waals surface area contributed by atoms with Crippen LogP contribution in [-0.4, -0.2) is 42.0 Å². The van der Waals surface area contributed by atoms with Gasteiger partial charge in [-0.15, -0.1) is 0 Å². The lowest BCUT2D eigenvalue weighted by Crippen LogP contribution is -2.38. The third-order valence-corrected chi connectivity index (χ3v) is 6.49. The van der Waals surface area contributed by atoms with E-state index < -0.39 is 0 Å². The van der Waals surface area contributed by atoms with Crippen LogP contribution in [0, 0.1) is 12.3 Å². The van der Waals surface area contributed by atoms with E-state index in [0.717, 1.165) is 37.9 Å². The highest BCUT2D eigenvalue weighted by Gasteiger charge is 2.35. The Morgan fingerprint density at radius 1 is 1.14 bits per heavy atom. The van der Waals surface area contributed by atoms with Gasteiger partial charge in [0.05, 0.1) is 0 Å². The van der Waals surface area contributed by atoms with Crippen LogP contribution in [0.2, 0.25) is 0 Å². The quantitative estimate of drug-likeness (QED) is 0.851. The van der Waals surface area contributed by atoms with Gasteiger partial charge in [0.15, 0.2) is 0 Å². The number of amides is 1. The fourth-order valence-corrected chi connectivity index (χ4v) is 4.75. The molecule has 1 aliphatic heterocycles. The summed E-state index contributed by atoms with van der Waals surface area (Å²) in [6.07, 6.45) is 7.82. The van der Waals surface area contributed by atoms with Crippen molar-refractivity contribution >= 4 is 11.5 Å². The van der Waals surface area contributed by atoms with E-state index in [4.69, 9.17) is 0 Å². The molecule has 0 radical (unpaired) electrons. The highest BCUT2D eigenvalue weighted by atomic mass is 16.2. The third-order valence-electron chi connectivity index (χ3n) is 6.49. The lowest BCUT2D eigenvalue weighted by molar-refractivity contribution is 0.0767. The zero-order chi connectivity index (χ0) is 20.4. The number of benzene rings is 1. The average molecular weight is 390 g/mol. The molecule has 1 aromatic heterocycles. The number of carbonyl (C=O) groups is 1. The normalized spacial score (nSPS) is 17.6. The molecule has 1 spiro atoms. The number of nitrogens with zero attached hydrogens (tertiary/aromatic N) is 2. The smallest absolute Gasteiger partial charge is 0.272 e. The van der Waals surface area contributed by atoms with E-state index in [1.807, 2.05) is 31.0 Å². The molecule has 2 aliphatic rings. The monoisotopic (exact) mass is 389 g/mol. The topological polar surface area (TPSA) is 45.2 Å². The van der Waals surface area contributed by atoms with Gasteiger partial charge in [-0.1, -0.05) is 35.9 Å². The second-order valence-corrected chi connectivity index (χ2v) is 8.42. The Morgan fingerprint density at radius 2 is 1.90 bits per heavy atom. The molecule has 1 aliphatic carbocycles. The minimum absolute atomic E-state index is 0.00486. The molecule has 1 N–H and O–H groups in total. The van der Waals surface area contributed by atoms with Crippen molar-refractivity contribution in [1.29, 1.82) is 0 Å². The SMILES string of the molecule is CCN(CC)C(=O)c1ccc(C2=CC3(CCNCC3)Cc3ccc(C)cc32)cn1. The van der Waals surface area contributed by atoms with Crippen LogP contribution < -0.4 is 5.32 Å². The zero-order valence-electron chi connectivity index (χ0n) is 17.8. The summed E-state index contributed by atoms with van der Waals surface area (Å²) in [7, 11) is 0. The molecule has 1 amide bonds. The Morgan fingerprint density at radius 3 is 2.55 bits per heavy atom. The van der Waals surface area contributed by atoms with Crippen molar-refractivity contribution in [2.24, 2.45) is 5.41 Å². The van der Waals surface area contributed by atoms with Crippen LogP contribution in [0.25, 0.3) is 5.57 Å². The number of nitrogens with one attached hydrogen (secondary N) is 1. The van der Waals surface area contributed by atoms with Crippen LogP contribution in [0.15, 0.2) is 42.6 Å². The van der Waals surface area contributed by atoms with Crippen LogP contribution in [0.1, 0.15) is 59.4 Å². The van der Waals surface area contributed by atoms with Gasteiger partial charge in [0.1, 0.15) is 5.69 Å². The van der Waals surface area contributed by atoms with E-state index in [-0.39, 0.29) is 11.3 Å². The third kappa shape index (κ3) is 3.86. The molecule has 29 heavy (non-hydrogen) atoms. The first-order valence-electron chi connectivity index (χ1n) is 10.8. The van der Waals surface area contributed by atoms with Crippen LogP contribution in [0.4, 0.5) is 0 Å². The van der Waals surface area contributed by atoms with Gasteiger partial charge in [0.2, 0.25) is 0 Å². The van der Waals surface area contributed by atoms with Gasteiger partial charge in [-0.3, -0.25) is 9.78 Å². The molecule has 2 heterocycles. The molecule has 1 fully saturated rings. The minimum atomic E-state index is 0.00486. The summed E-state index contributed by atoms with van der Waals surface area (Å²) in [5.41, 5.74) is 7.14. The molecule has 152 valence electrons. The van der Waals surface area contributed by atoms with Gasteiger partial charge in [0, 0.05) is 24.8 Å². The highest BCUT2D eigenvalue weighted by Crippen LogP contribution is 2.44. The second-order valence-electron chi connectivity index (χ2n) is 8.42. The summed E-state index contributed by atoms with van der Waals surface area (Å²) < 4.78 is 0. The van der Waals surface area contributed by atoms with E-state index in [1.54, 1.807) is 0 Å². The second kappa shape index (κ2) is 8.11. The van der Waals surface area contributed by atoms with Gasteiger partial charge in [-0.25, -0.2) is 0 Å². The Balaban J connectivity index is 1.73. The number of fused-ring (bicyclic) bond motifs is 1. The molecule has 0 unspecified atom stereocenters. The summed E-state index contributed by atoms with van der Waals surface area (Å²) >= 11 is 0. The molecule has 0 bridgehead atoms. The summed E-state index contributed by atoms with van der Waals surface area (Å²) in [4.78, 5) is 19.0. The van der Waals surface area contributed by atoms with Crippen molar-refractivity contribution in [3.63, 3.8) is 0 Å². The van der Waals surface area contributed by atoms with E-state index in [1.165, 1.54) is 22.3 Å². The molecule has 0 saturated carbocycles. The van der Waals surface area contributed by atoms with Gasteiger partial charge in [-0.2, -0.15) is 0 Å². The Labute approximate surface area is 174 Å². The number of pyridine rings is 1. The fourth-order valence-electron chi connectivity index (χ4n) is 4.75. The maximum absolute atomic E-state index is 12.6. The molecule has 1 aromatic carbocycles. The first-order valence-corrected chi connectivity index (χ1v) is 10.8. The van der Waals surface area contributed by atoms with E-state index in [9.17, 15) is 4.79 Å². The molecular weight excluding hydrogens is 358 g/mol. The number of aryl methyl sites for hydroxylation is 1. The number of carbonyl (C=O) groups excluding carboxylic acids is 1. The van der Waals surface area contributed by atoms with Crippen LogP contribution in [-0.2, 0) is 6.42 Å². The summed E-state index contributed by atoms with van der Waals surface area (Å²) in [5, 5.41) is 3.50. The zero-order valence-corrected chi connectivity index (χ0v) is 17.8. The van der Waals surface area contributed by atoms with Crippen molar-refractivity contribution in [1.82, 2.24) is 15.2 Å². The number of aromatic nitrogens is 1. The van der Waals surface area contributed by atoms with Crippen molar-refractivity contribution in [2.45, 2.75) is 40.0 Å². The minimum Gasteiger partial charge on any atom is -0.338 e. The number of rotatable bonds is 4. The van der Waals surface area contributed by atoms with E-state index in [2.05, 4.69) is 47.6 Å². The van der Waals surface area contributed by atoms with Crippen LogP contribution >= 0.6 is 0 Å². The van der Waals surface area contributed by atoms with Crippen molar-refractivity contribution in [3.05, 3.63) is 70.6 Å². The Kier molecular flexibility index (Phi) is 5.55. The largest absolute Gasteiger partial charge is 0.338 e. The maximum atomic E-state index is 12.6. The van der Waals surface area contributed by atoms with Crippen molar-refractivity contribution in [2.75, 3.05) is 26.2 Å². The molecule has 4 rings (SSSR count). The predicted octanol–water partition coefficient (Wildman–Crippen LogP) is 4.23. The molecule has 0 atom stereocenters. The fraction of sp³-hybridized carbons (Fsp3) is 0.440. The van der Waals surface area contributed by atoms with Crippen molar-refractivity contribution < 1.29 is 4.79 Å². The molecule has 2 aromatic rings. The molecule has 4 heteroatoms. The number of allylic oxidation sites excluding steroid dienone is 1. The first kappa shape index (κ1) is 19.8. The van der Waals surface area contributed by atoms with E-state index >= 15 is 0 Å². The lowest BCUT2D eigenvalue weighted by atomic mass is 9.67. The highest BCUT2D eigenvalue weighted by molar-refractivity contribution is 5.93. The summed E-state index contributed by atoms with van der Waals surface area (Å²) in [5.74, 6) is 0.00486. The van der Waals surface area contributed by atoms with Gasteiger partial charge < -0.3 is 10.2 Å². The first-order chi connectivity index (χ1) is 14.0. The standard InChI is InChI=1S/C25H31N3O/c1-4-28(5-2)24(29)23-9-8-20(17-27-23)22-16-25(10-12-26-13-11-25)15-19-7-6-18(3)14-21(19)22/h6-9,14,16-17,26H,4-5,10-13,15H2,1-3H3. The summed E-state index contributed by atoms with van der Waals surface area (Å²) in [6.45, 7) is 9.69. The van der Waals surface area contributed by atoms with Gasteiger partial charge >= 0.3 is 0 Å². The Bertz CT molecular complexity index is 920. The average Bonchev–Trinajstić information content (AvgIpc) is 2.75. The van der Waals surface area contributed by atoms with Crippen LogP contribution in [0.3, 0.4) is 0 Å². The lowest BCUT2D eigenvalue weighted by Gasteiger charge is -2.40. The van der Waals surface area contributed by atoms with Gasteiger partial charge in [-0.05, 0) is 81.3 Å².